The first-order valence-electron chi connectivity index (χ1n) is 8.48. The van der Waals surface area contributed by atoms with E-state index in [9.17, 15) is 5.26 Å². The molecule has 0 amide bonds. The third kappa shape index (κ3) is 4.15. The van der Waals surface area contributed by atoms with Crippen LogP contribution in [0.5, 0.6) is 11.5 Å². The van der Waals surface area contributed by atoms with Crippen molar-refractivity contribution in [3.05, 3.63) is 59.5 Å². The molecule has 2 aromatic carbocycles. The molecule has 1 heterocycles. The van der Waals surface area contributed by atoms with Gasteiger partial charge in [-0.3, -0.25) is 0 Å². The van der Waals surface area contributed by atoms with Gasteiger partial charge in [-0.1, -0.05) is 41.1 Å². The van der Waals surface area contributed by atoms with E-state index in [1.165, 1.54) is 0 Å². The minimum absolute atomic E-state index is 0.168. The van der Waals surface area contributed by atoms with E-state index in [0.717, 1.165) is 16.7 Å². The lowest BCUT2D eigenvalue weighted by Crippen LogP contribution is -1.95. The van der Waals surface area contributed by atoms with Crippen LogP contribution in [0, 0.1) is 18.3 Å². The van der Waals surface area contributed by atoms with Crippen molar-refractivity contribution in [2.24, 2.45) is 0 Å². The molecule has 3 aromatic rings. The topological polar surface area (TPSA) is 81.2 Å². The van der Waals surface area contributed by atoms with E-state index in [-0.39, 0.29) is 11.5 Å². The van der Waals surface area contributed by atoms with E-state index in [0.29, 0.717) is 23.9 Å². The fourth-order valence-corrected chi connectivity index (χ4v) is 2.51. The molecule has 0 bridgehead atoms. The Bertz CT molecular complexity index is 998. The molecule has 0 atom stereocenters. The normalized spacial score (nSPS) is 11.1. The number of hydrogen-bond donors (Lipinski definition) is 0. The molecule has 0 radical (unpaired) electrons. The molecule has 0 saturated heterocycles. The lowest BCUT2D eigenvalue weighted by molar-refractivity contribution is 0.311. The summed E-state index contributed by atoms with van der Waals surface area (Å²) in [6.07, 6.45) is 1.67. The Hall–Kier alpha value is -3.59. The van der Waals surface area contributed by atoms with Crippen molar-refractivity contribution in [3.8, 4) is 29.0 Å². The van der Waals surface area contributed by atoms with E-state index in [1.54, 1.807) is 25.3 Å². The van der Waals surface area contributed by atoms with Gasteiger partial charge in [-0.05, 0) is 37.6 Å². The van der Waals surface area contributed by atoms with Gasteiger partial charge in [0, 0.05) is 5.56 Å². The molecule has 0 spiro atoms. The van der Waals surface area contributed by atoms with Crippen LogP contribution in [0.3, 0.4) is 0 Å². The Morgan fingerprint density at radius 3 is 2.63 bits per heavy atom. The third-order valence-electron chi connectivity index (χ3n) is 3.89. The first-order chi connectivity index (χ1) is 13.1. The number of hydrogen-bond acceptors (Lipinski definition) is 6. The van der Waals surface area contributed by atoms with Crippen LogP contribution >= 0.6 is 0 Å². The standard InChI is InChI=1S/C21H19N3O3/c1-4-26-18-10-7-15(12-19(18)25-3)11-17(13-22)21-23-20(24-27-21)16-8-5-14(2)6-9-16/h5-12H,4H2,1-3H3/b17-11+. The highest BCUT2D eigenvalue weighted by molar-refractivity contribution is 5.87. The summed E-state index contributed by atoms with van der Waals surface area (Å²) < 4.78 is 16.1. The molecule has 27 heavy (non-hydrogen) atoms. The van der Waals surface area contributed by atoms with Crippen molar-refractivity contribution in [2.45, 2.75) is 13.8 Å². The number of nitriles is 1. The Balaban J connectivity index is 1.91. The molecule has 0 fully saturated rings. The lowest BCUT2D eigenvalue weighted by Gasteiger charge is -2.09. The van der Waals surface area contributed by atoms with Crippen LogP contribution < -0.4 is 9.47 Å². The molecule has 3 rings (SSSR count). The highest BCUT2D eigenvalue weighted by atomic mass is 16.5. The summed E-state index contributed by atoms with van der Waals surface area (Å²) in [5.41, 5.74) is 3.01. The maximum atomic E-state index is 9.52. The number of ether oxygens (including phenoxy) is 2. The van der Waals surface area contributed by atoms with E-state index < -0.39 is 0 Å². The Labute approximate surface area is 157 Å². The number of aryl methyl sites for hydroxylation is 1. The van der Waals surface area contributed by atoms with Crippen LogP contribution in [0.2, 0.25) is 0 Å². The first kappa shape index (κ1) is 18.2. The maximum absolute atomic E-state index is 9.52. The van der Waals surface area contributed by atoms with Gasteiger partial charge in [-0.2, -0.15) is 10.2 Å². The van der Waals surface area contributed by atoms with Gasteiger partial charge in [-0.15, -0.1) is 0 Å². The van der Waals surface area contributed by atoms with Crippen LogP contribution in [0.15, 0.2) is 47.0 Å². The minimum atomic E-state index is 0.168. The molecule has 0 aliphatic rings. The van der Waals surface area contributed by atoms with Gasteiger partial charge in [0.1, 0.15) is 11.6 Å². The summed E-state index contributed by atoms with van der Waals surface area (Å²) in [5.74, 6) is 1.85. The van der Waals surface area contributed by atoms with Crippen molar-refractivity contribution in [1.82, 2.24) is 10.1 Å². The van der Waals surface area contributed by atoms with Crippen LogP contribution in [-0.2, 0) is 0 Å². The lowest BCUT2D eigenvalue weighted by atomic mass is 10.1. The molecular weight excluding hydrogens is 342 g/mol. The van der Waals surface area contributed by atoms with Crippen molar-refractivity contribution in [3.63, 3.8) is 0 Å². The number of rotatable bonds is 6. The average Bonchev–Trinajstić information content (AvgIpc) is 3.17. The zero-order valence-corrected chi connectivity index (χ0v) is 15.4. The van der Waals surface area contributed by atoms with Gasteiger partial charge in [0.05, 0.1) is 13.7 Å². The van der Waals surface area contributed by atoms with Crippen LogP contribution in [0.1, 0.15) is 23.9 Å². The molecular formula is C21H19N3O3. The zero-order valence-electron chi connectivity index (χ0n) is 15.4. The molecule has 0 aliphatic carbocycles. The van der Waals surface area contributed by atoms with Gasteiger partial charge in [0.25, 0.3) is 5.89 Å². The summed E-state index contributed by atoms with van der Waals surface area (Å²) in [4.78, 5) is 4.34. The molecule has 6 nitrogen and oxygen atoms in total. The van der Waals surface area contributed by atoms with Gasteiger partial charge in [0.2, 0.25) is 5.82 Å². The number of methoxy groups -OCH3 is 1. The number of benzene rings is 2. The second kappa shape index (κ2) is 8.19. The number of nitrogens with zero attached hydrogens (tertiary/aromatic N) is 3. The predicted octanol–water partition coefficient (Wildman–Crippen LogP) is 4.52. The molecule has 136 valence electrons. The van der Waals surface area contributed by atoms with Crippen molar-refractivity contribution < 1.29 is 14.0 Å². The van der Waals surface area contributed by atoms with E-state index in [1.807, 2.05) is 44.2 Å². The SMILES string of the molecule is CCOc1ccc(/C=C(\C#N)c2nc(-c3ccc(C)cc3)no2)cc1OC. The third-order valence-corrected chi connectivity index (χ3v) is 3.89. The molecule has 0 aliphatic heterocycles. The highest BCUT2D eigenvalue weighted by Gasteiger charge is 2.13. The maximum Gasteiger partial charge on any atom is 0.268 e. The second-order valence-electron chi connectivity index (χ2n) is 5.80. The number of allylic oxidation sites excluding steroid dienone is 1. The van der Waals surface area contributed by atoms with Gasteiger partial charge < -0.3 is 14.0 Å². The fourth-order valence-electron chi connectivity index (χ4n) is 2.51. The number of aromatic nitrogens is 2. The smallest absolute Gasteiger partial charge is 0.268 e. The predicted molar refractivity (Wildman–Crippen MR) is 102 cm³/mol. The molecule has 6 heteroatoms. The summed E-state index contributed by atoms with van der Waals surface area (Å²) in [6.45, 7) is 4.45. The van der Waals surface area contributed by atoms with Crippen LogP contribution in [0.4, 0.5) is 0 Å². The Kier molecular flexibility index (Phi) is 5.53. The first-order valence-corrected chi connectivity index (χ1v) is 8.48. The monoisotopic (exact) mass is 361 g/mol. The quantitative estimate of drug-likeness (QED) is 0.601. The van der Waals surface area contributed by atoms with Crippen LogP contribution in [0.25, 0.3) is 23.0 Å². The second-order valence-corrected chi connectivity index (χ2v) is 5.80. The molecule has 1 aromatic heterocycles. The Morgan fingerprint density at radius 2 is 1.96 bits per heavy atom. The van der Waals surface area contributed by atoms with E-state index in [2.05, 4.69) is 16.2 Å². The zero-order chi connectivity index (χ0) is 19.2. The van der Waals surface area contributed by atoms with E-state index >= 15 is 0 Å². The van der Waals surface area contributed by atoms with Crippen molar-refractivity contribution in [2.75, 3.05) is 13.7 Å². The average molecular weight is 361 g/mol. The van der Waals surface area contributed by atoms with E-state index in [4.69, 9.17) is 14.0 Å². The van der Waals surface area contributed by atoms with Crippen molar-refractivity contribution >= 4 is 11.6 Å². The summed E-state index contributed by atoms with van der Waals surface area (Å²) in [5, 5.41) is 13.5. The fraction of sp³-hybridized carbons (Fsp3) is 0.190. The van der Waals surface area contributed by atoms with Crippen molar-refractivity contribution in [1.29, 1.82) is 5.26 Å². The van der Waals surface area contributed by atoms with Gasteiger partial charge >= 0.3 is 0 Å². The molecule has 0 N–H and O–H groups in total. The largest absolute Gasteiger partial charge is 0.493 e. The Morgan fingerprint density at radius 1 is 1.19 bits per heavy atom. The summed E-state index contributed by atoms with van der Waals surface area (Å²) in [6, 6.07) is 15.3. The highest BCUT2D eigenvalue weighted by Crippen LogP contribution is 2.30. The van der Waals surface area contributed by atoms with Crippen LogP contribution in [-0.4, -0.2) is 23.9 Å². The molecule has 0 saturated carbocycles. The molecule has 0 unspecified atom stereocenters. The van der Waals surface area contributed by atoms with Gasteiger partial charge in [0.15, 0.2) is 11.5 Å². The van der Waals surface area contributed by atoms with Gasteiger partial charge in [-0.25, -0.2) is 0 Å². The minimum Gasteiger partial charge on any atom is -0.493 e. The summed E-state index contributed by atoms with van der Waals surface area (Å²) in [7, 11) is 1.57. The summed E-state index contributed by atoms with van der Waals surface area (Å²) >= 11 is 0.